The van der Waals surface area contributed by atoms with E-state index >= 15 is 0 Å². The summed E-state index contributed by atoms with van der Waals surface area (Å²) in [6.07, 6.45) is -4.47. The summed E-state index contributed by atoms with van der Waals surface area (Å²) in [6.45, 7) is 5.41. The fraction of sp³-hybridized carbons (Fsp3) is 0.545. The first-order valence-corrected chi connectivity index (χ1v) is 10.1. The van der Waals surface area contributed by atoms with Gasteiger partial charge in [-0.1, -0.05) is 12.1 Å². The van der Waals surface area contributed by atoms with E-state index in [0.717, 1.165) is 6.92 Å². The summed E-state index contributed by atoms with van der Waals surface area (Å²) < 4.78 is 32.2. The van der Waals surface area contributed by atoms with Crippen LogP contribution in [-0.2, 0) is 49.5 Å². The molecular weight excluding hydrogens is 440 g/mol. The molecule has 2 unspecified atom stereocenters. The van der Waals surface area contributed by atoms with Crippen LogP contribution in [0.5, 0.6) is 5.75 Å². The molecule has 1 rings (SSSR count). The molecule has 0 saturated heterocycles. The van der Waals surface area contributed by atoms with Crippen LogP contribution in [0.4, 0.5) is 0 Å². The zero-order valence-electron chi connectivity index (χ0n) is 19.3. The van der Waals surface area contributed by atoms with Crippen LogP contribution in [0.1, 0.15) is 40.2 Å². The zero-order chi connectivity index (χ0) is 25.0. The van der Waals surface area contributed by atoms with Crippen molar-refractivity contribution in [3.05, 3.63) is 29.8 Å². The van der Waals surface area contributed by atoms with Gasteiger partial charge in [0.1, 0.15) is 31.2 Å². The number of hydrogen-bond acceptors (Lipinski definition) is 11. The van der Waals surface area contributed by atoms with E-state index in [2.05, 4.69) is 0 Å². The maximum absolute atomic E-state index is 11.7. The molecule has 0 aliphatic heterocycles. The number of aliphatic hydroxyl groups is 1. The second-order valence-corrected chi connectivity index (χ2v) is 7.03. The second-order valence-electron chi connectivity index (χ2n) is 7.03. The molecule has 184 valence electrons. The lowest BCUT2D eigenvalue weighted by atomic mass is 10.2. The van der Waals surface area contributed by atoms with Crippen LogP contribution < -0.4 is 4.74 Å². The highest BCUT2D eigenvalue weighted by Gasteiger charge is 2.34. The lowest BCUT2D eigenvalue weighted by Gasteiger charge is -2.32. The highest BCUT2D eigenvalue weighted by molar-refractivity contribution is 5.67. The Balaban J connectivity index is 3.24. The van der Waals surface area contributed by atoms with Crippen LogP contribution in [0.25, 0.3) is 0 Å². The summed E-state index contributed by atoms with van der Waals surface area (Å²) >= 11 is 0. The Hall–Kier alpha value is -3.18. The monoisotopic (exact) mass is 470 g/mol. The summed E-state index contributed by atoms with van der Waals surface area (Å²) in [7, 11) is 0. The van der Waals surface area contributed by atoms with Gasteiger partial charge in [0.2, 0.25) is 6.29 Å². The van der Waals surface area contributed by atoms with Gasteiger partial charge in [0.05, 0.1) is 6.61 Å². The predicted octanol–water partition coefficient (Wildman–Crippen LogP) is 1.28. The molecule has 0 aliphatic carbocycles. The first-order chi connectivity index (χ1) is 15.5. The Morgan fingerprint density at radius 1 is 0.788 bits per heavy atom. The van der Waals surface area contributed by atoms with Crippen LogP contribution in [0, 0.1) is 0 Å². The number of ether oxygens (including phenoxy) is 6. The van der Waals surface area contributed by atoms with Crippen molar-refractivity contribution in [2.45, 2.75) is 65.8 Å². The molecule has 0 heterocycles. The first-order valence-electron chi connectivity index (χ1n) is 10.1. The molecule has 1 aromatic carbocycles. The first kappa shape index (κ1) is 27.9. The molecule has 0 aliphatic rings. The van der Waals surface area contributed by atoms with Crippen molar-refractivity contribution in [1.82, 2.24) is 0 Å². The fourth-order valence-corrected chi connectivity index (χ4v) is 2.57. The molecule has 0 bridgehead atoms. The normalized spacial score (nSPS) is 14.2. The van der Waals surface area contributed by atoms with E-state index in [1.807, 2.05) is 0 Å². The lowest BCUT2D eigenvalue weighted by molar-refractivity contribution is -0.224. The molecule has 1 aromatic rings. The molecule has 0 fully saturated rings. The molecule has 4 atom stereocenters. The highest BCUT2D eigenvalue weighted by atomic mass is 16.7. The largest absolute Gasteiger partial charge is 0.463 e. The Bertz CT molecular complexity index is 790. The van der Waals surface area contributed by atoms with Crippen molar-refractivity contribution in [3.63, 3.8) is 0 Å². The van der Waals surface area contributed by atoms with Gasteiger partial charge in [-0.25, -0.2) is 0 Å². The second kappa shape index (κ2) is 14.1. The van der Waals surface area contributed by atoms with E-state index in [9.17, 15) is 24.3 Å². The number of rotatable bonds is 13. The smallest absolute Gasteiger partial charge is 0.303 e. The zero-order valence-corrected chi connectivity index (χ0v) is 19.3. The summed E-state index contributed by atoms with van der Waals surface area (Å²) in [5.74, 6) is -2.21. The molecule has 0 spiro atoms. The summed E-state index contributed by atoms with van der Waals surface area (Å²) in [5, 5.41) is 9.22. The lowest BCUT2D eigenvalue weighted by Crippen LogP contribution is -2.47. The molecule has 0 radical (unpaired) electrons. The Kier molecular flexibility index (Phi) is 11.9. The van der Waals surface area contributed by atoms with Gasteiger partial charge in [0.15, 0.2) is 6.10 Å². The van der Waals surface area contributed by atoms with Crippen molar-refractivity contribution in [1.29, 1.82) is 0 Å². The van der Waals surface area contributed by atoms with Crippen LogP contribution in [0.15, 0.2) is 24.3 Å². The van der Waals surface area contributed by atoms with Crippen molar-refractivity contribution >= 4 is 23.9 Å². The minimum Gasteiger partial charge on any atom is -0.463 e. The topological polar surface area (TPSA) is 144 Å². The number of esters is 4. The maximum atomic E-state index is 11.7. The van der Waals surface area contributed by atoms with Crippen molar-refractivity contribution in [3.8, 4) is 5.75 Å². The molecule has 0 saturated carbocycles. The highest BCUT2D eigenvalue weighted by Crippen LogP contribution is 2.20. The van der Waals surface area contributed by atoms with E-state index < -0.39 is 55.1 Å². The predicted molar refractivity (Wildman–Crippen MR) is 112 cm³/mol. The Labute approximate surface area is 191 Å². The van der Waals surface area contributed by atoms with Gasteiger partial charge in [-0.05, 0) is 24.6 Å². The molecule has 0 amide bonds. The summed E-state index contributed by atoms with van der Waals surface area (Å²) in [4.78, 5) is 45.8. The van der Waals surface area contributed by atoms with Crippen molar-refractivity contribution in [2.24, 2.45) is 0 Å². The average molecular weight is 470 g/mol. The van der Waals surface area contributed by atoms with Gasteiger partial charge in [0.25, 0.3) is 0 Å². The third kappa shape index (κ3) is 11.3. The molecule has 33 heavy (non-hydrogen) atoms. The average Bonchev–Trinajstić information content (AvgIpc) is 2.72. The van der Waals surface area contributed by atoms with Crippen molar-refractivity contribution in [2.75, 3.05) is 13.2 Å². The van der Waals surface area contributed by atoms with Crippen LogP contribution in [-0.4, -0.2) is 66.8 Å². The fourth-order valence-electron chi connectivity index (χ4n) is 2.57. The van der Waals surface area contributed by atoms with Gasteiger partial charge in [0, 0.05) is 27.7 Å². The third-order valence-electron chi connectivity index (χ3n) is 4.07. The SMILES string of the molecule is CC(=O)OCC(OC(Oc1ccc(CO)cc1)[C@H](COC(C)=O)OC(C)=O)[C@@H](C)OC(C)=O. The number of carbonyl (C=O) groups is 4. The van der Waals surface area contributed by atoms with E-state index in [4.69, 9.17) is 28.4 Å². The van der Waals surface area contributed by atoms with Gasteiger partial charge in [-0.3, -0.25) is 19.2 Å². The van der Waals surface area contributed by atoms with E-state index in [0.29, 0.717) is 5.56 Å². The molecule has 1 N–H and O–H groups in total. The van der Waals surface area contributed by atoms with Gasteiger partial charge in [-0.2, -0.15) is 0 Å². The number of aliphatic hydroxyl groups excluding tert-OH is 1. The molecule has 11 nitrogen and oxygen atoms in total. The van der Waals surface area contributed by atoms with E-state index in [1.165, 1.54) is 27.7 Å². The number of benzene rings is 1. The van der Waals surface area contributed by atoms with Gasteiger partial charge >= 0.3 is 23.9 Å². The van der Waals surface area contributed by atoms with Crippen LogP contribution in [0.2, 0.25) is 0 Å². The van der Waals surface area contributed by atoms with E-state index in [1.54, 1.807) is 24.3 Å². The summed E-state index contributed by atoms with van der Waals surface area (Å²) in [5.41, 5.74) is 0.632. The maximum Gasteiger partial charge on any atom is 0.303 e. The molecule has 0 aromatic heterocycles. The quantitative estimate of drug-likeness (QED) is 0.253. The minimum atomic E-state index is -1.35. The number of hydrogen-bond donors (Lipinski definition) is 1. The van der Waals surface area contributed by atoms with Gasteiger partial charge < -0.3 is 33.5 Å². The van der Waals surface area contributed by atoms with Crippen LogP contribution >= 0.6 is 0 Å². The molecular formula is C22H30O11. The standard InChI is InChI=1S/C22H30O11/c1-13(30-16(4)26)20(11-28-14(2)24)33-22(21(31-17(5)27)12-29-15(3)25)32-19-8-6-18(10-23)7-9-19/h6-9,13,20-23H,10-12H2,1-5H3/t13-,20?,21+,22?/m1/s1. The van der Waals surface area contributed by atoms with E-state index in [-0.39, 0.29) is 19.0 Å². The Morgan fingerprint density at radius 3 is 1.76 bits per heavy atom. The third-order valence-corrected chi connectivity index (χ3v) is 4.07. The number of carbonyl (C=O) groups excluding carboxylic acids is 4. The molecule has 11 heteroatoms. The minimum absolute atomic E-state index is 0.174. The van der Waals surface area contributed by atoms with Crippen LogP contribution in [0.3, 0.4) is 0 Å². The van der Waals surface area contributed by atoms with Gasteiger partial charge in [-0.15, -0.1) is 0 Å². The van der Waals surface area contributed by atoms with Crippen molar-refractivity contribution < 1.29 is 52.7 Å². The summed E-state index contributed by atoms with van der Waals surface area (Å²) in [6, 6.07) is 6.32. The Morgan fingerprint density at radius 2 is 1.30 bits per heavy atom.